The molecule has 0 atom stereocenters. The molecule has 0 amide bonds. The van der Waals surface area contributed by atoms with Crippen molar-refractivity contribution in [2.75, 3.05) is 7.11 Å². The van der Waals surface area contributed by atoms with Gasteiger partial charge in [0.15, 0.2) is 11.5 Å². The first-order valence-electron chi connectivity index (χ1n) is 6.08. The van der Waals surface area contributed by atoms with Crippen LogP contribution in [0, 0.1) is 22.7 Å². The van der Waals surface area contributed by atoms with E-state index in [9.17, 15) is 0 Å². The zero-order valence-electron chi connectivity index (χ0n) is 11.3. The van der Waals surface area contributed by atoms with Crippen molar-refractivity contribution in [3.63, 3.8) is 0 Å². The number of nitrogens with zero attached hydrogens (tertiary/aromatic N) is 2. The number of hydrogen-bond acceptors (Lipinski definition) is 4. The number of hydrogen-bond donors (Lipinski definition) is 0. The second-order valence-electron chi connectivity index (χ2n) is 4.16. The van der Waals surface area contributed by atoms with Crippen molar-refractivity contribution in [2.45, 2.75) is 6.61 Å². The Kier molecular flexibility index (Phi) is 4.66. The van der Waals surface area contributed by atoms with Gasteiger partial charge in [0.1, 0.15) is 6.61 Å². The Morgan fingerprint density at radius 1 is 1.14 bits per heavy atom. The third kappa shape index (κ3) is 3.25. The summed E-state index contributed by atoms with van der Waals surface area (Å²) in [6.45, 7) is 0.186. The van der Waals surface area contributed by atoms with Crippen LogP contribution in [0.15, 0.2) is 36.4 Å². The van der Waals surface area contributed by atoms with E-state index in [1.165, 1.54) is 13.2 Å². The zero-order chi connectivity index (χ0) is 15.2. The highest BCUT2D eigenvalue weighted by Crippen LogP contribution is 2.36. The summed E-state index contributed by atoms with van der Waals surface area (Å²) in [5.74, 6) is 0.736. The monoisotopic (exact) mass is 298 g/mol. The molecule has 0 spiro atoms. The summed E-state index contributed by atoms with van der Waals surface area (Å²) in [5, 5.41) is 18.2. The van der Waals surface area contributed by atoms with Crippen LogP contribution in [0.25, 0.3) is 0 Å². The topological polar surface area (TPSA) is 66.0 Å². The van der Waals surface area contributed by atoms with Crippen molar-refractivity contribution >= 4 is 11.6 Å². The molecule has 5 heteroatoms. The lowest BCUT2D eigenvalue weighted by Gasteiger charge is -2.13. The molecule has 0 bridgehead atoms. The van der Waals surface area contributed by atoms with Crippen molar-refractivity contribution in [1.82, 2.24) is 0 Å². The molecule has 0 unspecified atom stereocenters. The predicted molar refractivity (Wildman–Crippen MR) is 78.2 cm³/mol. The second kappa shape index (κ2) is 6.65. The molecular weight excluding hydrogens is 288 g/mol. The molecule has 0 saturated heterocycles. The van der Waals surface area contributed by atoms with Gasteiger partial charge in [0, 0.05) is 11.6 Å². The Hall–Kier alpha value is -2.69. The molecule has 0 saturated carbocycles. The average Bonchev–Trinajstić information content (AvgIpc) is 2.53. The smallest absolute Gasteiger partial charge is 0.180 e. The molecule has 104 valence electrons. The van der Waals surface area contributed by atoms with Gasteiger partial charge in [-0.1, -0.05) is 29.8 Å². The zero-order valence-corrected chi connectivity index (χ0v) is 12.0. The van der Waals surface area contributed by atoms with Crippen LogP contribution >= 0.6 is 11.6 Å². The number of rotatable bonds is 4. The van der Waals surface area contributed by atoms with Crippen LogP contribution in [-0.2, 0) is 6.61 Å². The van der Waals surface area contributed by atoms with Crippen molar-refractivity contribution < 1.29 is 9.47 Å². The Bertz CT molecular complexity index is 745. The van der Waals surface area contributed by atoms with Crippen LogP contribution in [0.1, 0.15) is 16.7 Å². The van der Waals surface area contributed by atoms with Gasteiger partial charge in [-0.05, 0) is 12.1 Å². The van der Waals surface area contributed by atoms with E-state index in [1.54, 1.807) is 18.2 Å². The maximum absolute atomic E-state index is 9.05. The summed E-state index contributed by atoms with van der Waals surface area (Å²) >= 11 is 6.11. The van der Waals surface area contributed by atoms with Gasteiger partial charge in [-0.25, -0.2) is 0 Å². The van der Waals surface area contributed by atoms with E-state index < -0.39 is 0 Å². The Labute approximate surface area is 127 Å². The Morgan fingerprint density at radius 3 is 2.57 bits per heavy atom. The molecule has 0 aliphatic heterocycles. The molecule has 0 radical (unpaired) electrons. The molecule has 2 aromatic carbocycles. The van der Waals surface area contributed by atoms with Crippen LogP contribution in [-0.4, -0.2) is 7.11 Å². The fourth-order valence-corrected chi connectivity index (χ4v) is 2.09. The number of benzene rings is 2. The minimum Gasteiger partial charge on any atom is -0.493 e. The van der Waals surface area contributed by atoms with Crippen molar-refractivity contribution in [3.05, 3.63) is 58.1 Å². The maximum Gasteiger partial charge on any atom is 0.180 e. The normalized spacial score (nSPS) is 9.52. The summed E-state index contributed by atoms with van der Waals surface area (Å²) in [6, 6.07) is 14.3. The van der Waals surface area contributed by atoms with Crippen LogP contribution in [0.5, 0.6) is 11.5 Å². The number of nitriles is 2. The van der Waals surface area contributed by atoms with Gasteiger partial charge >= 0.3 is 0 Å². The van der Waals surface area contributed by atoms with Gasteiger partial charge in [0.05, 0.1) is 35.4 Å². The third-order valence-electron chi connectivity index (χ3n) is 2.87. The lowest BCUT2D eigenvalue weighted by molar-refractivity contribution is 0.284. The van der Waals surface area contributed by atoms with Gasteiger partial charge in [0.2, 0.25) is 0 Å². The molecule has 0 N–H and O–H groups in total. The standard InChI is InChI=1S/C16H11ClN2O2/c1-20-15-7-11(8-18)6-14(17)16(15)21-10-13-5-3-2-4-12(13)9-19/h2-7H,10H2,1H3. The molecule has 2 aromatic rings. The van der Waals surface area contributed by atoms with E-state index in [-0.39, 0.29) is 6.61 Å². The van der Waals surface area contributed by atoms with E-state index in [0.717, 1.165) is 5.56 Å². The predicted octanol–water partition coefficient (Wildman–Crippen LogP) is 3.67. The number of methoxy groups -OCH3 is 1. The summed E-state index contributed by atoms with van der Waals surface area (Å²) < 4.78 is 10.9. The van der Waals surface area contributed by atoms with Gasteiger partial charge in [-0.2, -0.15) is 10.5 Å². The summed E-state index contributed by atoms with van der Waals surface area (Å²) in [5.41, 5.74) is 1.69. The third-order valence-corrected chi connectivity index (χ3v) is 3.15. The molecule has 0 aliphatic rings. The fraction of sp³-hybridized carbons (Fsp3) is 0.125. The van der Waals surface area contributed by atoms with Gasteiger partial charge in [0.25, 0.3) is 0 Å². The molecular formula is C16H11ClN2O2. The number of halogens is 1. The number of ether oxygens (including phenoxy) is 2. The van der Waals surface area contributed by atoms with Crippen LogP contribution in [0.3, 0.4) is 0 Å². The highest BCUT2D eigenvalue weighted by Gasteiger charge is 2.13. The first-order chi connectivity index (χ1) is 10.2. The highest BCUT2D eigenvalue weighted by atomic mass is 35.5. The summed E-state index contributed by atoms with van der Waals surface area (Å²) in [4.78, 5) is 0. The van der Waals surface area contributed by atoms with Crippen LogP contribution in [0.4, 0.5) is 0 Å². The van der Waals surface area contributed by atoms with E-state index >= 15 is 0 Å². The largest absolute Gasteiger partial charge is 0.493 e. The Balaban J connectivity index is 2.29. The SMILES string of the molecule is COc1cc(C#N)cc(Cl)c1OCc1ccccc1C#N. The van der Waals surface area contributed by atoms with E-state index in [2.05, 4.69) is 6.07 Å². The first-order valence-corrected chi connectivity index (χ1v) is 6.45. The van der Waals surface area contributed by atoms with Crippen LogP contribution in [0.2, 0.25) is 5.02 Å². The van der Waals surface area contributed by atoms with E-state index in [0.29, 0.717) is 27.6 Å². The maximum atomic E-state index is 9.05. The quantitative estimate of drug-likeness (QED) is 0.863. The van der Waals surface area contributed by atoms with Crippen molar-refractivity contribution in [2.24, 2.45) is 0 Å². The molecule has 4 nitrogen and oxygen atoms in total. The van der Waals surface area contributed by atoms with Crippen molar-refractivity contribution in [1.29, 1.82) is 10.5 Å². The van der Waals surface area contributed by atoms with Gasteiger partial charge < -0.3 is 9.47 Å². The molecule has 0 heterocycles. The van der Waals surface area contributed by atoms with Gasteiger partial charge in [-0.15, -0.1) is 0 Å². The molecule has 0 aliphatic carbocycles. The molecule has 0 aromatic heterocycles. The Morgan fingerprint density at radius 2 is 1.90 bits per heavy atom. The lowest BCUT2D eigenvalue weighted by atomic mass is 10.1. The fourth-order valence-electron chi connectivity index (χ4n) is 1.83. The summed E-state index contributed by atoms with van der Waals surface area (Å²) in [7, 11) is 1.48. The van der Waals surface area contributed by atoms with Gasteiger partial charge in [-0.3, -0.25) is 0 Å². The van der Waals surface area contributed by atoms with Crippen LogP contribution < -0.4 is 9.47 Å². The molecule has 0 fully saturated rings. The summed E-state index contributed by atoms with van der Waals surface area (Å²) in [6.07, 6.45) is 0. The average molecular weight is 299 g/mol. The second-order valence-corrected chi connectivity index (χ2v) is 4.57. The van der Waals surface area contributed by atoms with Crippen molar-refractivity contribution in [3.8, 4) is 23.6 Å². The molecule has 21 heavy (non-hydrogen) atoms. The highest BCUT2D eigenvalue weighted by molar-refractivity contribution is 6.32. The van der Waals surface area contributed by atoms with E-state index in [4.69, 9.17) is 31.6 Å². The first kappa shape index (κ1) is 14.7. The lowest BCUT2D eigenvalue weighted by Crippen LogP contribution is -2.00. The van der Waals surface area contributed by atoms with E-state index in [1.807, 2.05) is 18.2 Å². The minimum absolute atomic E-state index is 0.186. The molecule has 2 rings (SSSR count). The minimum atomic E-state index is 0.186.